The van der Waals surface area contributed by atoms with Crippen LogP contribution >= 0.6 is 0 Å². The molecule has 3 rings (SSSR count). The molecule has 2 aromatic rings. The van der Waals surface area contributed by atoms with Gasteiger partial charge in [0.2, 0.25) is 0 Å². The molecule has 29 heavy (non-hydrogen) atoms. The molecule has 0 unspecified atom stereocenters. The second-order valence-electron chi connectivity index (χ2n) is 6.80. The predicted octanol–water partition coefficient (Wildman–Crippen LogP) is 2.38. The van der Waals surface area contributed by atoms with Crippen LogP contribution in [0.25, 0.3) is 0 Å². The van der Waals surface area contributed by atoms with E-state index in [2.05, 4.69) is 0 Å². The fourth-order valence-corrected chi connectivity index (χ4v) is 3.33. The van der Waals surface area contributed by atoms with Gasteiger partial charge < -0.3 is 24.7 Å². The minimum Gasteiger partial charge on any atom is -0.505 e. The van der Waals surface area contributed by atoms with Gasteiger partial charge in [-0.15, -0.1) is 0 Å². The van der Waals surface area contributed by atoms with Crippen molar-refractivity contribution in [3.63, 3.8) is 0 Å². The number of hydrogen-bond acceptors (Lipinski definition) is 5. The van der Waals surface area contributed by atoms with Crippen LogP contribution in [-0.2, 0) is 9.53 Å². The van der Waals surface area contributed by atoms with Crippen molar-refractivity contribution in [3.05, 3.63) is 65.5 Å². The van der Waals surface area contributed by atoms with Crippen LogP contribution in [-0.4, -0.2) is 72.3 Å². The number of rotatable bonds is 4. The first-order chi connectivity index (χ1) is 13.9. The third-order valence-corrected chi connectivity index (χ3v) is 4.49. The Morgan fingerprint density at radius 2 is 1.93 bits per heavy atom. The Labute approximate surface area is 168 Å². The number of likely N-dealkylation sites (N-methyl/N-ethyl adjacent to an activating group) is 1. The summed E-state index contributed by atoms with van der Waals surface area (Å²) in [6.45, 7) is 1.28. The topological polar surface area (TPSA) is 90.3 Å². The molecule has 0 bridgehead atoms. The Balaban J connectivity index is 0.000000941. The first-order valence-corrected chi connectivity index (χ1v) is 9.07. The predicted molar refractivity (Wildman–Crippen MR) is 105 cm³/mol. The van der Waals surface area contributed by atoms with E-state index in [1.165, 1.54) is 12.1 Å². The molecule has 1 saturated heterocycles. The number of carboxylic acid groups (broad SMARTS) is 1. The van der Waals surface area contributed by atoms with Gasteiger partial charge in [-0.25, -0.2) is 4.39 Å². The number of ether oxygens (including phenoxy) is 1. The summed E-state index contributed by atoms with van der Waals surface area (Å²) in [4.78, 5) is 25.2. The van der Waals surface area contributed by atoms with Gasteiger partial charge in [0, 0.05) is 18.7 Å². The number of phenolic OH excluding ortho intramolecular Hbond substituents is 1. The average molecular weight is 404 g/mol. The molecule has 0 spiro atoms. The fraction of sp³-hybridized carbons (Fsp3) is 0.333. The third-order valence-electron chi connectivity index (χ3n) is 4.49. The number of carbonyl (C=O) groups is 2. The van der Waals surface area contributed by atoms with Crippen LogP contribution in [0, 0.1) is 5.82 Å². The molecule has 0 radical (unpaired) electrons. The molecule has 1 heterocycles. The zero-order chi connectivity index (χ0) is 21.4. The Morgan fingerprint density at radius 3 is 2.52 bits per heavy atom. The highest BCUT2D eigenvalue weighted by molar-refractivity contribution is 5.95. The van der Waals surface area contributed by atoms with Gasteiger partial charge in [0.25, 0.3) is 12.4 Å². The van der Waals surface area contributed by atoms with Crippen molar-refractivity contribution in [2.24, 2.45) is 0 Å². The summed E-state index contributed by atoms with van der Waals surface area (Å²) in [5.74, 6) is -1.51. The van der Waals surface area contributed by atoms with Crippen LogP contribution < -0.4 is 0 Å². The second-order valence-corrected chi connectivity index (χ2v) is 6.80. The molecule has 1 amide bonds. The van der Waals surface area contributed by atoms with Crippen molar-refractivity contribution in [2.45, 2.75) is 12.1 Å². The zero-order valence-electron chi connectivity index (χ0n) is 16.4. The lowest BCUT2D eigenvalue weighted by Gasteiger charge is -2.42. The number of halogens is 1. The Bertz CT molecular complexity index is 816. The number of hydrogen-bond donors (Lipinski definition) is 2. The molecule has 8 heteroatoms. The minimum absolute atomic E-state index is 0.181. The van der Waals surface area contributed by atoms with E-state index in [9.17, 15) is 14.3 Å². The lowest BCUT2D eigenvalue weighted by Crippen LogP contribution is -2.51. The van der Waals surface area contributed by atoms with E-state index >= 15 is 0 Å². The van der Waals surface area contributed by atoms with Crippen molar-refractivity contribution in [2.75, 3.05) is 33.8 Å². The summed E-state index contributed by atoms with van der Waals surface area (Å²) in [5, 5.41) is 16.5. The molecule has 0 aromatic heterocycles. The molecule has 0 saturated carbocycles. The summed E-state index contributed by atoms with van der Waals surface area (Å²) in [6.07, 6.45) is -0.181. The maximum Gasteiger partial charge on any atom is 0.290 e. The number of phenols is 1. The largest absolute Gasteiger partial charge is 0.505 e. The minimum atomic E-state index is -0.742. The van der Waals surface area contributed by atoms with Gasteiger partial charge in [0.05, 0.1) is 18.8 Å². The Morgan fingerprint density at radius 1 is 1.28 bits per heavy atom. The van der Waals surface area contributed by atoms with Gasteiger partial charge in [-0.3, -0.25) is 9.59 Å². The van der Waals surface area contributed by atoms with Gasteiger partial charge in [-0.2, -0.15) is 0 Å². The van der Waals surface area contributed by atoms with Gasteiger partial charge in [-0.1, -0.05) is 30.3 Å². The van der Waals surface area contributed by atoms with E-state index in [4.69, 9.17) is 14.6 Å². The van der Waals surface area contributed by atoms with E-state index in [1.54, 1.807) is 4.90 Å². The molecule has 2 atom stereocenters. The molecule has 1 aliphatic rings. The van der Waals surface area contributed by atoms with Gasteiger partial charge in [0.15, 0.2) is 11.6 Å². The maximum atomic E-state index is 13.4. The monoisotopic (exact) mass is 404 g/mol. The molecular formula is C21H25FN2O5. The summed E-state index contributed by atoms with van der Waals surface area (Å²) >= 11 is 0. The van der Waals surface area contributed by atoms with E-state index in [0.717, 1.165) is 11.6 Å². The van der Waals surface area contributed by atoms with Crippen LogP contribution in [0.2, 0.25) is 0 Å². The number of morpholine rings is 1. The number of amides is 1. The van der Waals surface area contributed by atoms with Crippen LogP contribution in [0.15, 0.2) is 48.5 Å². The number of carbonyl (C=O) groups excluding carboxylic acids is 1. The first-order valence-electron chi connectivity index (χ1n) is 9.07. The second kappa shape index (κ2) is 10.5. The van der Waals surface area contributed by atoms with Crippen molar-refractivity contribution >= 4 is 12.4 Å². The molecule has 0 aliphatic carbocycles. The lowest BCUT2D eigenvalue weighted by molar-refractivity contribution is -0.122. The van der Waals surface area contributed by atoms with Crippen LogP contribution in [0.1, 0.15) is 22.0 Å². The Hall–Kier alpha value is -2.97. The highest BCUT2D eigenvalue weighted by Gasteiger charge is 2.37. The van der Waals surface area contributed by atoms with Crippen molar-refractivity contribution in [1.29, 1.82) is 0 Å². The normalized spacial score (nSPS) is 18.7. The first kappa shape index (κ1) is 22.3. The Kier molecular flexibility index (Phi) is 8.11. The van der Waals surface area contributed by atoms with E-state index in [1.807, 2.05) is 49.3 Å². The molecule has 7 nitrogen and oxygen atoms in total. The van der Waals surface area contributed by atoms with Crippen LogP contribution in [0.3, 0.4) is 0 Å². The van der Waals surface area contributed by atoms with Gasteiger partial charge in [0.1, 0.15) is 0 Å². The fourth-order valence-electron chi connectivity index (χ4n) is 3.33. The average Bonchev–Trinajstić information content (AvgIpc) is 2.70. The van der Waals surface area contributed by atoms with Crippen molar-refractivity contribution in [3.8, 4) is 5.75 Å². The standard InChI is InChI=1S/C20H23FN2O3.CH2O2/c1-22(2)13-18-19(14-6-4-3-5-7-14)23(10-11-26-18)20(25)15-8-9-16(21)17(24)12-15;2-1-3/h3-9,12,18-19,24H,10-11,13H2,1-2H3;1H,(H,2,3)/t18-,19-;/m0./s1. The lowest BCUT2D eigenvalue weighted by atomic mass is 9.96. The quantitative estimate of drug-likeness (QED) is 0.761. The van der Waals surface area contributed by atoms with E-state index in [0.29, 0.717) is 19.7 Å². The smallest absolute Gasteiger partial charge is 0.290 e. The third kappa shape index (κ3) is 5.75. The number of nitrogens with zero attached hydrogens (tertiary/aromatic N) is 2. The molecule has 1 fully saturated rings. The summed E-state index contributed by atoms with van der Waals surface area (Å²) in [6, 6.07) is 13.2. The summed E-state index contributed by atoms with van der Waals surface area (Å²) in [5.41, 5.74) is 1.24. The summed E-state index contributed by atoms with van der Waals surface area (Å²) in [7, 11) is 3.92. The summed E-state index contributed by atoms with van der Waals surface area (Å²) < 4.78 is 19.3. The highest BCUT2D eigenvalue weighted by atomic mass is 19.1. The van der Waals surface area contributed by atoms with Crippen molar-refractivity contribution < 1.29 is 28.9 Å². The maximum absolute atomic E-state index is 13.4. The van der Waals surface area contributed by atoms with Crippen molar-refractivity contribution in [1.82, 2.24) is 9.80 Å². The SMILES string of the molecule is CN(C)C[C@@H]1OCCN(C(=O)c2ccc(F)c(O)c2)[C@H]1c1ccccc1.O=CO. The molecule has 1 aliphatic heterocycles. The van der Waals surface area contributed by atoms with E-state index in [-0.39, 0.29) is 30.1 Å². The number of benzene rings is 2. The van der Waals surface area contributed by atoms with E-state index < -0.39 is 11.6 Å². The highest BCUT2D eigenvalue weighted by Crippen LogP contribution is 2.32. The molecular weight excluding hydrogens is 379 g/mol. The molecule has 156 valence electrons. The van der Waals surface area contributed by atoms with Crippen LogP contribution in [0.5, 0.6) is 5.75 Å². The van der Waals surface area contributed by atoms with Crippen LogP contribution in [0.4, 0.5) is 4.39 Å². The number of aromatic hydroxyl groups is 1. The van der Waals surface area contributed by atoms with Gasteiger partial charge >= 0.3 is 0 Å². The molecule has 2 N–H and O–H groups in total. The zero-order valence-corrected chi connectivity index (χ0v) is 16.4. The molecule has 2 aromatic carbocycles. The van der Waals surface area contributed by atoms with Gasteiger partial charge in [-0.05, 0) is 37.9 Å².